The topological polar surface area (TPSA) is 78.9 Å². The second-order valence-electron chi connectivity index (χ2n) is 3.35. The fourth-order valence-corrected chi connectivity index (χ4v) is 1.33. The van der Waals surface area contributed by atoms with Crippen molar-refractivity contribution in [2.45, 2.75) is 13.3 Å². The van der Waals surface area contributed by atoms with Crippen molar-refractivity contribution in [1.29, 1.82) is 0 Å². The highest BCUT2D eigenvalue weighted by molar-refractivity contribution is 6.32. The third-order valence-corrected chi connectivity index (χ3v) is 2.26. The van der Waals surface area contributed by atoms with Gasteiger partial charge >= 0.3 is 0 Å². The number of hydrogen-bond donors (Lipinski definition) is 1. The Morgan fingerprint density at radius 3 is 3.00 bits per heavy atom. The van der Waals surface area contributed by atoms with Crippen LogP contribution in [0, 0.1) is 0 Å². The summed E-state index contributed by atoms with van der Waals surface area (Å²) >= 11 is 5.81. The van der Waals surface area contributed by atoms with Gasteiger partial charge in [-0.15, -0.1) is 5.10 Å². The fraction of sp³-hybridized carbons (Fsp3) is 0.300. The van der Waals surface area contributed by atoms with E-state index >= 15 is 0 Å². The SMILES string of the molecule is CCCOc1ccnc(-n2cc(Cl)c(N)n2)n1. The first-order valence-electron chi connectivity index (χ1n) is 5.17. The number of hydrogen-bond acceptors (Lipinski definition) is 5. The van der Waals surface area contributed by atoms with E-state index in [0.717, 1.165) is 6.42 Å². The zero-order valence-corrected chi connectivity index (χ0v) is 10.1. The van der Waals surface area contributed by atoms with Crippen molar-refractivity contribution in [3.63, 3.8) is 0 Å². The van der Waals surface area contributed by atoms with Crippen LogP contribution in [-0.4, -0.2) is 26.4 Å². The molecular weight excluding hydrogens is 242 g/mol. The quantitative estimate of drug-likeness (QED) is 0.897. The molecule has 0 aliphatic carbocycles. The zero-order valence-electron chi connectivity index (χ0n) is 9.30. The fourth-order valence-electron chi connectivity index (χ4n) is 1.20. The minimum atomic E-state index is 0.246. The summed E-state index contributed by atoms with van der Waals surface area (Å²) < 4.78 is 6.81. The first-order valence-corrected chi connectivity index (χ1v) is 5.55. The van der Waals surface area contributed by atoms with Gasteiger partial charge in [-0.25, -0.2) is 9.67 Å². The summed E-state index contributed by atoms with van der Waals surface area (Å²) in [5, 5.41) is 4.35. The Hall–Kier alpha value is -1.82. The Balaban J connectivity index is 2.26. The van der Waals surface area contributed by atoms with Crippen LogP contribution in [-0.2, 0) is 0 Å². The first kappa shape index (κ1) is 11.7. The largest absolute Gasteiger partial charge is 0.478 e. The van der Waals surface area contributed by atoms with Crippen molar-refractivity contribution >= 4 is 17.4 Å². The van der Waals surface area contributed by atoms with Gasteiger partial charge in [-0.05, 0) is 6.42 Å². The van der Waals surface area contributed by atoms with Gasteiger partial charge in [-0.3, -0.25) is 0 Å². The predicted molar refractivity (Wildman–Crippen MR) is 64.4 cm³/mol. The number of nitrogens with zero attached hydrogens (tertiary/aromatic N) is 4. The molecule has 2 aromatic heterocycles. The van der Waals surface area contributed by atoms with Crippen LogP contribution in [0.2, 0.25) is 5.02 Å². The van der Waals surface area contributed by atoms with Crippen LogP contribution in [0.25, 0.3) is 5.95 Å². The Morgan fingerprint density at radius 1 is 1.53 bits per heavy atom. The summed E-state index contributed by atoms with van der Waals surface area (Å²) in [4.78, 5) is 8.26. The van der Waals surface area contributed by atoms with E-state index in [2.05, 4.69) is 15.1 Å². The molecule has 17 heavy (non-hydrogen) atoms. The number of halogens is 1. The van der Waals surface area contributed by atoms with E-state index in [9.17, 15) is 0 Å². The van der Waals surface area contributed by atoms with Crippen molar-refractivity contribution in [1.82, 2.24) is 19.7 Å². The van der Waals surface area contributed by atoms with Gasteiger partial charge in [-0.1, -0.05) is 18.5 Å². The van der Waals surface area contributed by atoms with Gasteiger partial charge in [0.25, 0.3) is 5.95 Å². The molecule has 0 spiro atoms. The maximum absolute atomic E-state index is 5.81. The molecule has 0 saturated carbocycles. The lowest BCUT2D eigenvalue weighted by Crippen LogP contribution is -2.05. The molecule has 0 aromatic carbocycles. The second kappa shape index (κ2) is 5.01. The van der Waals surface area contributed by atoms with Gasteiger partial charge in [-0.2, -0.15) is 4.98 Å². The van der Waals surface area contributed by atoms with Crippen LogP contribution in [0.4, 0.5) is 5.82 Å². The molecule has 2 N–H and O–H groups in total. The number of rotatable bonds is 4. The summed E-state index contributed by atoms with van der Waals surface area (Å²) in [6.07, 6.45) is 4.06. The standard InChI is InChI=1S/C10H12ClN5O/c1-2-5-17-8-3-4-13-10(14-8)16-6-7(11)9(12)15-16/h3-4,6H,2,5H2,1H3,(H2,12,15). The molecule has 2 aromatic rings. The van der Waals surface area contributed by atoms with Crippen molar-refractivity contribution in [3.05, 3.63) is 23.5 Å². The molecule has 0 atom stereocenters. The Labute approximate surface area is 103 Å². The normalized spacial score (nSPS) is 10.5. The molecule has 2 heterocycles. The number of aromatic nitrogens is 4. The highest BCUT2D eigenvalue weighted by Gasteiger charge is 2.07. The average molecular weight is 254 g/mol. The van der Waals surface area contributed by atoms with E-state index in [1.54, 1.807) is 18.5 Å². The maximum atomic E-state index is 5.81. The molecule has 2 rings (SSSR count). The molecule has 0 unspecified atom stereocenters. The summed E-state index contributed by atoms with van der Waals surface area (Å²) in [5.74, 6) is 1.12. The van der Waals surface area contributed by atoms with Gasteiger partial charge in [0.2, 0.25) is 5.88 Å². The van der Waals surface area contributed by atoms with Gasteiger partial charge in [0.15, 0.2) is 5.82 Å². The highest BCUT2D eigenvalue weighted by Crippen LogP contribution is 2.17. The van der Waals surface area contributed by atoms with Crippen LogP contribution in [0.15, 0.2) is 18.5 Å². The second-order valence-corrected chi connectivity index (χ2v) is 3.76. The molecule has 7 heteroatoms. The van der Waals surface area contributed by atoms with E-state index in [-0.39, 0.29) is 5.82 Å². The smallest absolute Gasteiger partial charge is 0.253 e. The van der Waals surface area contributed by atoms with Crippen molar-refractivity contribution in [2.24, 2.45) is 0 Å². The molecule has 90 valence electrons. The van der Waals surface area contributed by atoms with Crippen molar-refractivity contribution in [2.75, 3.05) is 12.3 Å². The molecule has 0 saturated heterocycles. The lowest BCUT2D eigenvalue weighted by atomic mass is 10.5. The molecule has 0 amide bonds. The van der Waals surface area contributed by atoms with Crippen LogP contribution < -0.4 is 10.5 Å². The predicted octanol–water partition coefficient (Wildman–Crippen LogP) is 1.69. The molecule has 0 bridgehead atoms. The Morgan fingerprint density at radius 2 is 2.35 bits per heavy atom. The minimum absolute atomic E-state index is 0.246. The van der Waals surface area contributed by atoms with Crippen LogP contribution in [0.5, 0.6) is 5.88 Å². The van der Waals surface area contributed by atoms with Gasteiger partial charge < -0.3 is 10.5 Å². The first-order chi connectivity index (χ1) is 8.20. The van der Waals surface area contributed by atoms with Gasteiger partial charge in [0.05, 0.1) is 12.8 Å². The summed E-state index contributed by atoms with van der Waals surface area (Å²) in [6, 6.07) is 1.69. The summed E-state index contributed by atoms with van der Waals surface area (Å²) in [7, 11) is 0. The molecule has 6 nitrogen and oxygen atoms in total. The number of nitrogens with two attached hydrogens (primary N) is 1. The molecular formula is C10H12ClN5O. The molecule has 0 radical (unpaired) electrons. The molecule has 0 aliphatic rings. The molecule has 0 aliphatic heterocycles. The average Bonchev–Trinajstić information content (AvgIpc) is 2.68. The zero-order chi connectivity index (χ0) is 12.3. The van der Waals surface area contributed by atoms with E-state index < -0.39 is 0 Å². The highest BCUT2D eigenvalue weighted by atomic mass is 35.5. The van der Waals surface area contributed by atoms with Crippen molar-refractivity contribution in [3.8, 4) is 11.8 Å². The number of ether oxygens (including phenoxy) is 1. The monoisotopic (exact) mass is 253 g/mol. The Kier molecular flexibility index (Phi) is 3.43. The maximum Gasteiger partial charge on any atom is 0.253 e. The minimum Gasteiger partial charge on any atom is -0.478 e. The van der Waals surface area contributed by atoms with Gasteiger partial charge in [0, 0.05) is 12.3 Å². The van der Waals surface area contributed by atoms with Crippen LogP contribution in [0.3, 0.4) is 0 Å². The third-order valence-electron chi connectivity index (χ3n) is 1.97. The van der Waals surface area contributed by atoms with E-state index in [4.69, 9.17) is 22.1 Å². The van der Waals surface area contributed by atoms with Crippen LogP contribution in [0.1, 0.15) is 13.3 Å². The van der Waals surface area contributed by atoms with E-state index in [1.165, 1.54) is 4.68 Å². The van der Waals surface area contributed by atoms with Crippen molar-refractivity contribution < 1.29 is 4.74 Å². The van der Waals surface area contributed by atoms with Gasteiger partial charge in [0.1, 0.15) is 5.02 Å². The lowest BCUT2D eigenvalue weighted by molar-refractivity contribution is 0.304. The summed E-state index contributed by atoms with van der Waals surface area (Å²) in [5.41, 5.74) is 5.55. The Bertz CT molecular complexity index is 494. The summed E-state index contributed by atoms with van der Waals surface area (Å²) in [6.45, 7) is 2.63. The van der Waals surface area contributed by atoms with E-state index in [1.807, 2.05) is 6.92 Å². The number of anilines is 1. The lowest BCUT2D eigenvalue weighted by Gasteiger charge is -2.04. The van der Waals surface area contributed by atoms with Crippen LogP contribution >= 0.6 is 11.6 Å². The molecule has 0 fully saturated rings. The number of nitrogen functional groups attached to an aromatic ring is 1. The third kappa shape index (κ3) is 2.65. The van der Waals surface area contributed by atoms with E-state index in [0.29, 0.717) is 23.5 Å².